The fourth-order valence-electron chi connectivity index (χ4n) is 1.88. The van der Waals surface area contributed by atoms with Crippen LogP contribution in [-0.2, 0) is 17.0 Å². The lowest BCUT2D eigenvalue weighted by Gasteiger charge is -2.10. The summed E-state index contributed by atoms with van der Waals surface area (Å²) in [5, 5.41) is 9.95. The van der Waals surface area contributed by atoms with Gasteiger partial charge < -0.3 is 5.11 Å². The van der Waals surface area contributed by atoms with Gasteiger partial charge in [-0.1, -0.05) is 53.5 Å². The third-order valence-corrected chi connectivity index (χ3v) is 4.81. The van der Waals surface area contributed by atoms with Crippen molar-refractivity contribution in [3.63, 3.8) is 0 Å². The van der Waals surface area contributed by atoms with Crippen molar-refractivity contribution in [2.75, 3.05) is 0 Å². The lowest BCUT2D eigenvalue weighted by molar-refractivity contribution is -0.136. The van der Waals surface area contributed by atoms with Crippen LogP contribution in [0.4, 0.5) is 0 Å². The van der Waals surface area contributed by atoms with E-state index in [1.54, 1.807) is 17.8 Å². The van der Waals surface area contributed by atoms with E-state index in [9.17, 15) is 4.79 Å². The molecule has 0 fully saturated rings. The van der Waals surface area contributed by atoms with Crippen molar-refractivity contribution in [1.29, 1.82) is 0 Å². The molecule has 2 aromatic carbocycles. The van der Waals surface area contributed by atoms with Gasteiger partial charge in [0.25, 0.3) is 0 Å². The average Bonchev–Trinajstić information content (AvgIpc) is 2.47. The monoisotopic (exact) mass is 340 g/mol. The van der Waals surface area contributed by atoms with Gasteiger partial charge in [-0.25, -0.2) is 0 Å². The molecule has 0 unspecified atom stereocenters. The molecule has 0 aliphatic carbocycles. The van der Waals surface area contributed by atoms with E-state index in [0.717, 1.165) is 16.2 Å². The molecule has 2 nitrogen and oxygen atoms in total. The van der Waals surface area contributed by atoms with E-state index in [4.69, 9.17) is 28.3 Å². The van der Waals surface area contributed by atoms with E-state index in [2.05, 4.69) is 12.1 Å². The molecule has 0 amide bonds. The summed E-state index contributed by atoms with van der Waals surface area (Å²) < 4.78 is 0. The molecule has 0 heterocycles. The minimum atomic E-state index is -0.843. The van der Waals surface area contributed by atoms with Crippen molar-refractivity contribution >= 4 is 40.9 Å². The number of aliphatic carboxylic acids is 1. The predicted molar refractivity (Wildman–Crippen MR) is 88.4 cm³/mol. The maximum Gasteiger partial charge on any atom is 0.303 e. The molecular formula is C16H14Cl2O2S. The van der Waals surface area contributed by atoms with Crippen LogP contribution in [0.5, 0.6) is 0 Å². The van der Waals surface area contributed by atoms with Crippen LogP contribution >= 0.6 is 35.0 Å². The molecule has 0 bridgehead atoms. The molecule has 0 radical (unpaired) electrons. The molecule has 0 saturated heterocycles. The van der Waals surface area contributed by atoms with Crippen molar-refractivity contribution in [2.24, 2.45) is 0 Å². The summed E-state index contributed by atoms with van der Waals surface area (Å²) in [4.78, 5) is 11.6. The summed E-state index contributed by atoms with van der Waals surface area (Å²) >= 11 is 14.1. The molecule has 2 rings (SSSR count). The van der Waals surface area contributed by atoms with Gasteiger partial charge in [0.2, 0.25) is 0 Å². The fourth-order valence-corrected chi connectivity index (χ4v) is 3.54. The minimum Gasteiger partial charge on any atom is -0.481 e. The van der Waals surface area contributed by atoms with E-state index >= 15 is 0 Å². The second-order valence-corrected chi connectivity index (χ2v) is 6.38. The normalized spacial score (nSPS) is 10.6. The molecule has 2 aromatic rings. The summed E-state index contributed by atoms with van der Waals surface area (Å²) in [5.74, 6) is -0.0521. The topological polar surface area (TPSA) is 37.3 Å². The molecule has 110 valence electrons. The van der Waals surface area contributed by atoms with Gasteiger partial charge in [-0.3, -0.25) is 4.79 Å². The highest BCUT2D eigenvalue weighted by Gasteiger charge is 2.11. The Bertz CT molecular complexity index is 630. The van der Waals surface area contributed by atoms with E-state index in [-0.39, 0.29) is 6.42 Å². The van der Waals surface area contributed by atoms with Crippen molar-refractivity contribution in [3.8, 4) is 0 Å². The summed E-state index contributed by atoms with van der Waals surface area (Å²) in [5.41, 5.74) is 1.98. The van der Waals surface area contributed by atoms with E-state index < -0.39 is 5.97 Å². The molecular weight excluding hydrogens is 327 g/mol. The lowest BCUT2D eigenvalue weighted by Crippen LogP contribution is -1.98. The SMILES string of the molecule is O=C(O)CCc1cc(Cl)cc(SCc2ccccc2)c1Cl. The highest BCUT2D eigenvalue weighted by atomic mass is 35.5. The summed E-state index contributed by atoms with van der Waals surface area (Å²) in [6.45, 7) is 0. The second-order valence-electron chi connectivity index (χ2n) is 4.55. The first-order chi connectivity index (χ1) is 10.1. The Kier molecular flexibility index (Phi) is 5.97. The Morgan fingerprint density at radius 2 is 1.86 bits per heavy atom. The number of thioether (sulfide) groups is 1. The zero-order valence-electron chi connectivity index (χ0n) is 11.2. The van der Waals surface area contributed by atoms with Gasteiger partial charge in [-0.15, -0.1) is 11.8 Å². The molecule has 0 aliphatic rings. The van der Waals surface area contributed by atoms with Crippen LogP contribution in [0.25, 0.3) is 0 Å². The number of benzene rings is 2. The summed E-state index contributed by atoms with van der Waals surface area (Å²) in [6.07, 6.45) is 0.427. The third kappa shape index (κ3) is 4.95. The van der Waals surface area contributed by atoms with Crippen LogP contribution in [0.3, 0.4) is 0 Å². The molecule has 0 aliphatic heterocycles. The highest BCUT2D eigenvalue weighted by Crippen LogP contribution is 2.35. The summed E-state index contributed by atoms with van der Waals surface area (Å²) in [7, 11) is 0. The molecule has 0 aromatic heterocycles. The zero-order chi connectivity index (χ0) is 15.2. The standard InChI is InChI=1S/C16H14Cl2O2S/c17-13-8-12(6-7-15(19)20)16(18)14(9-13)21-10-11-4-2-1-3-5-11/h1-5,8-9H,6-7,10H2,(H,19,20). The molecule has 0 atom stereocenters. The van der Waals surface area contributed by atoms with Crippen LogP contribution in [0.2, 0.25) is 10.0 Å². The molecule has 0 spiro atoms. The molecule has 0 saturated carbocycles. The maximum atomic E-state index is 10.7. The van der Waals surface area contributed by atoms with E-state index in [1.807, 2.05) is 24.3 Å². The zero-order valence-corrected chi connectivity index (χ0v) is 13.5. The number of hydrogen-bond acceptors (Lipinski definition) is 2. The lowest BCUT2D eigenvalue weighted by atomic mass is 10.1. The first kappa shape index (κ1) is 16.2. The van der Waals surface area contributed by atoms with Crippen LogP contribution in [0.15, 0.2) is 47.4 Å². The Hall–Kier alpha value is -1.16. The van der Waals surface area contributed by atoms with Gasteiger partial charge >= 0.3 is 5.97 Å². The number of carbonyl (C=O) groups is 1. The van der Waals surface area contributed by atoms with Crippen LogP contribution in [0, 0.1) is 0 Å². The Morgan fingerprint density at radius 3 is 2.52 bits per heavy atom. The summed E-state index contributed by atoms with van der Waals surface area (Å²) in [6, 6.07) is 13.6. The smallest absolute Gasteiger partial charge is 0.303 e. The number of aryl methyl sites for hydroxylation is 1. The molecule has 1 N–H and O–H groups in total. The van der Waals surface area contributed by atoms with Crippen molar-refractivity contribution < 1.29 is 9.90 Å². The predicted octanol–water partition coefficient (Wildman–Crippen LogP) is 5.30. The van der Waals surface area contributed by atoms with Gasteiger partial charge in [0.15, 0.2) is 0 Å². The van der Waals surface area contributed by atoms with Gasteiger partial charge in [-0.2, -0.15) is 0 Å². The maximum absolute atomic E-state index is 10.7. The largest absolute Gasteiger partial charge is 0.481 e. The minimum absolute atomic E-state index is 0.0445. The Labute approximate surface area is 138 Å². The van der Waals surface area contributed by atoms with Gasteiger partial charge in [-0.05, 0) is 29.7 Å². The first-order valence-corrected chi connectivity index (χ1v) is 8.17. The first-order valence-electron chi connectivity index (χ1n) is 6.42. The Morgan fingerprint density at radius 1 is 1.14 bits per heavy atom. The van der Waals surface area contributed by atoms with Crippen LogP contribution < -0.4 is 0 Å². The third-order valence-electron chi connectivity index (χ3n) is 2.92. The van der Waals surface area contributed by atoms with Crippen molar-refractivity contribution in [2.45, 2.75) is 23.5 Å². The number of halogens is 2. The highest BCUT2D eigenvalue weighted by molar-refractivity contribution is 7.98. The molecule has 21 heavy (non-hydrogen) atoms. The number of carboxylic acids is 1. The van der Waals surface area contributed by atoms with Gasteiger partial charge in [0.1, 0.15) is 0 Å². The van der Waals surface area contributed by atoms with Crippen LogP contribution in [-0.4, -0.2) is 11.1 Å². The fraction of sp³-hybridized carbons (Fsp3) is 0.188. The Balaban J connectivity index is 2.13. The molecule has 5 heteroatoms. The quantitative estimate of drug-likeness (QED) is 0.724. The van der Waals surface area contributed by atoms with Crippen molar-refractivity contribution in [1.82, 2.24) is 0 Å². The van der Waals surface area contributed by atoms with Crippen LogP contribution in [0.1, 0.15) is 17.5 Å². The number of hydrogen-bond donors (Lipinski definition) is 1. The van der Waals surface area contributed by atoms with Gasteiger partial charge in [0.05, 0.1) is 5.02 Å². The van der Waals surface area contributed by atoms with Gasteiger partial charge in [0, 0.05) is 22.1 Å². The van der Waals surface area contributed by atoms with Crippen molar-refractivity contribution in [3.05, 3.63) is 63.6 Å². The second kappa shape index (κ2) is 7.74. The average molecular weight is 341 g/mol. The number of carboxylic acid groups (broad SMARTS) is 1. The number of rotatable bonds is 6. The van der Waals surface area contributed by atoms with E-state index in [0.29, 0.717) is 16.5 Å². The van der Waals surface area contributed by atoms with E-state index in [1.165, 1.54) is 5.56 Å².